The Hall–Kier alpha value is -1.62. The van der Waals surface area contributed by atoms with E-state index < -0.39 is 0 Å². The molecule has 1 aliphatic carbocycles. The number of nitrogens with zero attached hydrogens (tertiary/aromatic N) is 3. The predicted molar refractivity (Wildman–Crippen MR) is 57.6 cm³/mol. The Labute approximate surface area is 87.3 Å². The van der Waals surface area contributed by atoms with Crippen LogP contribution in [0.3, 0.4) is 0 Å². The van der Waals surface area contributed by atoms with Gasteiger partial charge in [0, 0.05) is 17.3 Å². The molecule has 0 unspecified atom stereocenters. The molecule has 0 aliphatic heterocycles. The number of fused-ring (bicyclic) bond motifs is 2. The highest BCUT2D eigenvalue weighted by molar-refractivity contribution is 5.56. The molecule has 5 heteroatoms. The third-order valence-corrected chi connectivity index (χ3v) is 2.89. The van der Waals surface area contributed by atoms with Gasteiger partial charge in [0.1, 0.15) is 5.82 Å². The van der Waals surface area contributed by atoms with Crippen molar-refractivity contribution in [3.8, 4) is 0 Å². The third kappa shape index (κ3) is 1.13. The van der Waals surface area contributed by atoms with Crippen LogP contribution < -0.4 is 11.3 Å². The van der Waals surface area contributed by atoms with Gasteiger partial charge in [-0.25, -0.2) is 10.8 Å². The van der Waals surface area contributed by atoms with E-state index in [4.69, 9.17) is 5.84 Å². The first kappa shape index (κ1) is 8.67. The van der Waals surface area contributed by atoms with Gasteiger partial charge in [-0.2, -0.15) is 9.61 Å². The fourth-order valence-corrected chi connectivity index (χ4v) is 2.25. The van der Waals surface area contributed by atoms with E-state index in [-0.39, 0.29) is 0 Å². The summed E-state index contributed by atoms with van der Waals surface area (Å²) in [4.78, 5) is 4.59. The summed E-state index contributed by atoms with van der Waals surface area (Å²) >= 11 is 0. The molecule has 3 N–H and O–H groups in total. The van der Waals surface area contributed by atoms with Gasteiger partial charge in [-0.05, 0) is 26.2 Å². The summed E-state index contributed by atoms with van der Waals surface area (Å²) in [5.41, 5.74) is 6.96. The number of aromatic nitrogens is 3. The van der Waals surface area contributed by atoms with Gasteiger partial charge in [0.25, 0.3) is 0 Å². The molecule has 0 atom stereocenters. The van der Waals surface area contributed by atoms with E-state index in [2.05, 4.69) is 15.5 Å². The van der Waals surface area contributed by atoms with E-state index >= 15 is 0 Å². The first-order valence-corrected chi connectivity index (χ1v) is 5.14. The van der Waals surface area contributed by atoms with Gasteiger partial charge in [0.2, 0.25) is 0 Å². The fraction of sp³-hybridized carbons (Fsp3) is 0.400. The van der Waals surface area contributed by atoms with Gasteiger partial charge >= 0.3 is 0 Å². The quantitative estimate of drug-likeness (QED) is 0.531. The molecule has 3 rings (SSSR count). The molecular formula is C10H13N5. The van der Waals surface area contributed by atoms with Crippen LogP contribution in [0.5, 0.6) is 0 Å². The first-order chi connectivity index (χ1) is 7.29. The van der Waals surface area contributed by atoms with E-state index in [1.807, 2.05) is 13.0 Å². The van der Waals surface area contributed by atoms with Crippen LogP contribution >= 0.6 is 0 Å². The molecule has 2 aromatic heterocycles. The van der Waals surface area contributed by atoms with Gasteiger partial charge in [0.15, 0.2) is 5.65 Å². The lowest BCUT2D eigenvalue weighted by atomic mass is 10.2. The maximum absolute atomic E-state index is 5.56. The van der Waals surface area contributed by atoms with Gasteiger partial charge in [-0.15, -0.1) is 0 Å². The molecule has 0 fully saturated rings. The SMILES string of the molecule is Cc1cc2nc3c(c(NN)n2n1)CCC3. The van der Waals surface area contributed by atoms with Crippen LogP contribution in [0.2, 0.25) is 0 Å². The van der Waals surface area contributed by atoms with Crippen LogP contribution in [0, 0.1) is 6.92 Å². The molecule has 1 aliphatic rings. The Balaban J connectivity index is 2.39. The van der Waals surface area contributed by atoms with E-state index in [9.17, 15) is 0 Å². The van der Waals surface area contributed by atoms with Crippen LogP contribution in [-0.4, -0.2) is 14.6 Å². The molecular weight excluding hydrogens is 190 g/mol. The molecule has 2 aromatic rings. The maximum Gasteiger partial charge on any atom is 0.157 e. The normalized spacial score (nSPS) is 14.5. The van der Waals surface area contributed by atoms with Crippen molar-refractivity contribution in [2.45, 2.75) is 26.2 Å². The molecule has 78 valence electrons. The van der Waals surface area contributed by atoms with Crippen molar-refractivity contribution in [2.75, 3.05) is 5.43 Å². The molecule has 0 saturated carbocycles. The second-order valence-corrected chi connectivity index (χ2v) is 3.94. The highest BCUT2D eigenvalue weighted by atomic mass is 15.4. The van der Waals surface area contributed by atoms with Crippen LogP contribution in [-0.2, 0) is 12.8 Å². The van der Waals surface area contributed by atoms with Crippen LogP contribution in [0.25, 0.3) is 5.65 Å². The standard InChI is InChI=1S/C10H13N5/c1-6-5-9-12-8-4-2-3-7(8)10(13-11)15(9)14-6/h5,13H,2-4,11H2,1H3. The van der Waals surface area contributed by atoms with Crippen molar-refractivity contribution in [3.63, 3.8) is 0 Å². The fourth-order valence-electron chi connectivity index (χ4n) is 2.25. The van der Waals surface area contributed by atoms with E-state index in [0.29, 0.717) is 0 Å². The number of hydrazine groups is 1. The smallest absolute Gasteiger partial charge is 0.157 e. The molecule has 0 bridgehead atoms. The number of nitrogens with two attached hydrogens (primary N) is 1. The average Bonchev–Trinajstić information content (AvgIpc) is 2.78. The van der Waals surface area contributed by atoms with E-state index in [0.717, 1.165) is 42.1 Å². The first-order valence-electron chi connectivity index (χ1n) is 5.14. The van der Waals surface area contributed by atoms with Gasteiger partial charge in [-0.1, -0.05) is 0 Å². The predicted octanol–water partition coefficient (Wildman–Crippen LogP) is 0.812. The molecule has 15 heavy (non-hydrogen) atoms. The molecule has 2 heterocycles. The van der Waals surface area contributed by atoms with Crippen molar-refractivity contribution < 1.29 is 0 Å². The third-order valence-electron chi connectivity index (χ3n) is 2.89. The molecule has 0 radical (unpaired) electrons. The van der Waals surface area contributed by atoms with Crippen molar-refractivity contribution >= 4 is 11.5 Å². The summed E-state index contributed by atoms with van der Waals surface area (Å²) in [5, 5.41) is 4.37. The number of nitrogen functional groups attached to an aromatic ring is 1. The molecule has 0 saturated heterocycles. The molecule has 0 spiro atoms. The monoisotopic (exact) mass is 203 g/mol. The highest BCUT2D eigenvalue weighted by Gasteiger charge is 2.19. The number of rotatable bonds is 1. The number of anilines is 1. The Morgan fingerprint density at radius 3 is 3.13 bits per heavy atom. The summed E-state index contributed by atoms with van der Waals surface area (Å²) in [6, 6.07) is 1.97. The maximum atomic E-state index is 5.56. The minimum Gasteiger partial charge on any atom is -0.308 e. The zero-order chi connectivity index (χ0) is 10.4. The molecule has 0 aromatic carbocycles. The Kier molecular flexibility index (Phi) is 1.70. The summed E-state index contributed by atoms with van der Waals surface area (Å²) in [5.74, 6) is 6.45. The second-order valence-electron chi connectivity index (χ2n) is 3.94. The number of nitrogens with one attached hydrogen (secondary N) is 1. The second kappa shape index (κ2) is 2.93. The van der Waals surface area contributed by atoms with E-state index in [1.54, 1.807) is 4.52 Å². The number of hydrogen-bond acceptors (Lipinski definition) is 4. The lowest BCUT2D eigenvalue weighted by Crippen LogP contribution is -2.15. The minimum atomic E-state index is 0.876. The summed E-state index contributed by atoms with van der Waals surface area (Å²) in [6.07, 6.45) is 3.24. The number of aryl methyl sites for hydroxylation is 2. The Morgan fingerprint density at radius 2 is 2.33 bits per heavy atom. The van der Waals surface area contributed by atoms with Crippen LogP contribution in [0.1, 0.15) is 23.4 Å². The van der Waals surface area contributed by atoms with Crippen molar-refractivity contribution in [1.29, 1.82) is 0 Å². The Morgan fingerprint density at radius 1 is 1.47 bits per heavy atom. The van der Waals surface area contributed by atoms with Crippen molar-refractivity contribution in [3.05, 3.63) is 23.0 Å². The lowest BCUT2D eigenvalue weighted by Gasteiger charge is -2.08. The number of hydrogen-bond donors (Lipinski definition) is 2. The lowest BCUT2D eigenvalue weighted by molar-refractivity contribution is 0.894. The topological polar surface area (TPSA) is 68.2 Å². The van der Waals surface area contributed by atoms with Gasteiger partial charge in [-0.3, -0.25) is 0 Å². The highest BCUT2D eigenvalue weighted by Crippen LogP contribution is 2.27. The van der Waals surface area contributed by atoms with Gasteiger partial charge in [0.05, 0.1) is 5.69 Å². The van der Waals surface area contributed by atoms with Crippen molar-refractivity contribution in [2.24, 2.45) is 5.84 Å². The van der Waals surface area contributed by atoms with Crippen LogP contribution in [0.4, 0.5) is 5.82 Å². The minimum absolute atomic E-state index is 0.876. The average molecular weight is 203 g/mol. The summed E-state index contributed by atoms with van der Waals surface area (Å²) in [6.45, 7) is 1.96. The zero-order valence-corrected chi connectivity index (χ0v) is 8.62. The molecule has 5 nitrogen and oxygen atoms in total. The molecule has 0 amide bonds. The van der Waals surface area contributed by atoms with E-state index in [1.165, 1.54) is 5.56 Å². The summed E-state index contributed by atoms with van der Waals surface area (Å²) in [7, 11) is 0. The summed E-state index contributed by atoms with van der Waals surface area (Å²) < 4.78 is 1.79. The van der Waals surface area contributed by atoms with Gasteiger partial charge < -0.3 is 5.43 Å². The van der Waals surface area contributed by atoms with Crippen molar-refractivity contribution in [1.82, 2.24) is 14.6 Å². The largest absolute Gasteiger partial charge is 0.308 e. The van der Waals surface area contributed by atoms with Crippen LogP contribution in [0.15, 0.2) is 6.07 Å². The zero-order valence-electron chi connectivity index (χ0n) is 8.62. The Bertz CT molecular complexity index is 528.